The molecule has 0 aliphatic carbocycles. The fraction of sp³-hybridized carbons (Fsp3) is 0. The van der Waals surface area contributed by atoms with Crippen molar-refractivity contribution in [1.29, 1.82) is 0 Å². The molecule has 2 nitrogen and oxygen atoms in total. The maximum absolute atomic E-state index is 3.90. The van der Waals surface area contributed by atoms with E-state index >= 15 is 0 Å². The molecule has 46 heavy (non-hydrogen) atoms. The normalized spacial score (nSPS) is 10.8. The van der Waals surface area contributed by atoms with Crippen molar-refractivity contribution in [3.63, 3.8) is 0 Å². The third-order valence-corrected chi connectivity index (χ3v) is 9.30. The Balaban J connectivity index is 1.18. The first-order chi connectivity index (χ1) is 22.7. The van der Waals surface area contributed by atoms with Gasteiger partial charge in [0.05, 0.1) is 0 Å². The molecule has 0 aliphatic rings. The molecule has 0 aliphatic heterocycles. The number of rotatable bonds is 8. The summed E-state index contributed by atoms with van der Waals surface area (Å²) in [5.74, 6) is 0. The first kappa shape index (κ1) is 29.8. The Labute approximate surface area is 287 Å². The highest BCUT2D eigenvalue weighted by Crippen LogP contribution is 2.41. The van der Waals surface area contributed by atoms with Gasteiger partial charge in [-0.1, -0.05) is 129 Å². The van der Waals surface area contributed by atoms with Gasteiger partial charge in [-0.15, -0.1) is 0 Å². The minimum atomic E-state index is 1.04. The molecule has 0 saturated heterocycles. The molecule has 0 radical (unpaired) electrons. The van der Waals surface area contributed by atoms with Gasteiger partial charge < -0.3 is 9.80 Å². The van der Waals surface area contributed by atoms with E-state index in [2.05, 4.69) is 199 Å². The molecule has 7 aromatic rings. The third-order valence-electron chi connectivity index (χ3n) is 7.99. The van der Waals surface area contributed by atoms with E-state index in [0.29, 0.717) is 0 Å². The quantitative estimate of drug-likeness (QED) is 0.154. The van der Waals surface area contributed by atoms with Crippen molar-refractivity contribution in [3.05, 3.63) is 191 Å². The van der Waals surface area contributed by atoms with E-state index in [-0.39, 0.29) is 0 Å². The lowest BCUT2D eigenvalue weighted by molar-refractivity contribution is 1.28. The van der Waals surface area contributed by atoms with Crippen molar-refractivity contribution in [1.82, 2.24) is 0 Å². The smallest absolute Gasteiger partial charge is 0.0462 e. The highest BCUT2D eigenvalue weighted by molar-refractivity contribution is 9.11. The molecule has 7 rings (SSSR count). The van der Waals surface area contributed by atoms with Crippen LogP contribution in [0.15, 0.2) is 191 Å². The van der Waals surface area contributed by atoms with Crippen molar-refractivity contribution in [2.75, 3.05) is 9.80 Å². The molecule has 0 bridgehead atoms. The molecule has 0 fully saturated rings. The van der Waals surface area contributed by atoms with Crippen LogP contribution in [0.3, 0.4) is 0 Å². The molecular weight excluding hydrogens is 692 g/mol. The molecule has 0 spiro atoms. The Morgan fingerprint density at radius 3 is 0.783 bits per heavy atom. The van der Waals surface area contributed by atoms with Crippen LogP contribution in [0.5, 0.6) is 0 Å². The molecule has 0 amide bonds. The molecule has 0 aromatic heterocycles. The van der Waals surface area contributed by atoms with Crippen LogP contribution in [0.4, 0.5) is 34.1 Å². The third kappa shape index (κ3) is 6.28. The lowest BCUT2D eigenvalue weighted by Crippen LogP contribution is -2.09. The van der Waals surface area contributed by atoms with Crippen molar-refractivity contribution in [3.8, 4) is 22.3 Å². The standard InChI is InChI=1S/C42H30Br2N2/c43-41-30-40(32-23-27-38(28-24-32)46(35-17-9-3-10-18-35)36-19-11-4-12-20-36)42(44)29-39(41)31-21-25-37(26-22-31)45(33-13-5-1-6-14-33)34-15-7-2-8-16-34/h1-30H. The van der Waals surface area contributed by atoms with E-state index in [1.165, 1.54) is 0 Å². The van der Waals surface area contributed by atoms with Crippen LogP contribution in [0.1, 0.15) is 0 Å². The Morgan fingerprint density at radius 2 is 0.522 bits per heavy atom. The molecule has 0 unspecified atom stereocenters. The summed E-state index contributed by atoms with van der Waals surface area (Å²) in [6, 6.07) is 63.8. The molecule has 0 N–H and O–H groups in total. The minimum absolute atomic E-state index is 1.04. The number of anilines is 6. The maximum atomic E-state index is 3.90. The van der Waals surface area contributed by atoms with E-state index < -0.39 is 0 Å². The lowest BCUT2D eigenvalue weighted by Gasteiger charge is -2.25. The maximum Gasteiger partial charge on any atom is 0.0462 e. The Hall–Kier alpha value is -4.90. The topological polar surface area (TPSA) is 6.48 Å². The fourth-order valence-electron chi connectivity index (χ4n) is 5.77. The van der Waals surface area contributed by atoms with Gasteiger partial charge >= 0.3 is 0 Å². The van der Waals surface area contributed by atoms with Gasteiger partial charge in [0.1, 0.15) is 0 Å². The first-order valence-corrected chi connectivity index (χ1v) is 16.7. The van der Waals surface area contributed by atoms with Gasteiger partial charge in [-0.25, -0.2) is 0 Å². The van der Waals surface area contributed by atoms with E-state index in [1.807, 2.05) is 24.3 Å². The second kappa shape index (κ2) is 13.6. The van der Waals surface area contributed by atoms with Crippen LogP contribution < -0.4 is 9.80 Å². The van der Waals surface area contributed by atoms with E-state index in [4.69, 9.17) is 0 Å². The van der Waals surface area contributed by atoms with Crippen molar-refractivity contribution < 1.29 is 0 Å². The Bertz CT molecular complexity index is 1800. The highest BCUT2D eigenvalue weighted by Gasteiger charge is 2.16. The van der Waals surface area contributed by atoms with Crippen LogP contribution >= 0.6 is 31.9 Å². The number of halogens is 2. The van der Waals surface area contributed by atoms with Crippen molar-refractivity contribution in [2.45, 2.75) is 0 Å². The Kier molecular flexibility index (Phi) is 8.82. The van der Waals surface area contributed by atoms with Crippen LogP contribution in [-0.4, -0.2) is 0 Å². The van der Waals surface area contributed by atoms with Gasteiger partial charge in [0.25, 0.3) is 0 Å². The fourth-order valence-corrected chi connectivity index (χ4v) is 6.92. The summed E-state index contributed by atoms with van der Waals surface area (Å²) in [7, 11) is 0. The number of hydrogen-bond acceptors (Lipinski definition) is 2. The Morgan fingerprint density at radius 1 is 0.283 bits per heavy atom. The van der Waals surface area contributed by atoms with Crippen LogP contribution in [-0.2, 0) is 0 Å². The summed E-state index contributed by atoms with van der Waals surface area (Å²) in [4.78, 5) is 4.55. The zero-order chi connectivity index (χ0) is 31.3. The van der Waals surface area contributed by atoms with Crippen LogP contribution in [0.25, 0.3) is 22.3 Å². The SMILES string of the molecule is Brc1cc(-c2ccc(N(c3ccccc3)c3ccccc3)cc2)c(Br)cc1-c1ccc(N(c2ccccc2)c2ccccc2)cc1. The second-order valence-electron chi connectivity index (χ2n) is 10.9. The zero-order valence-electron chi connectivity index (χ0n) is 25.0. The van der Waals surface area contributed by atoms with Crippen molar-refractivity contribution >= 4 is 66.0 Å². The predicted molar refractivity (Wildman–Crippen MR) is 202 cm³/mol. The van der Waals surface area contributed by atoms with Crippen LogP contribution in [0.2, 0.25) is 0 Å². The van der Waals surface area contributed by atoms with E-state index in [1.54, 1.807) is 0 Å². The van der Waals surface area contributed by atoms with Gasteiger partial charge in [0.15, 0.2) is 0 Å². The minimum Gasteiger partial charge on any atom is -0.311 e. The summed E-state index contributed by atoms with van der Waals surface area (Å²) in [6.45, 7) is 0. The highest BCUT2D eigenvalue weighted by atomic mass is 79.9. The average molecular weight is 723 g/mol. The number of hydrogen-bond donors (Lipinski definition) is 0. The molecule has 7 aromatic carbocycles. The zero-order valence-corrected chi connectivity index (χ0v) is 28.1. The molecule has 0 atom stereocenters. The molecule has 4 heteroatoms. The number of para-hydroxylation sites is 4. The molecular formula is C42H30Br2N2. The van der Waals surface area contributed by atoms with Gasteiger partial charge in [-0.05, 0) is 107 Å². The van der Waals surface area contributed by atoms with Gasteiger partial charge in [0, 0.05) is 43.1 Å². The number of benzene rings is 7. The largest absolute Gasteiger partial charge is 0.311 e. The summed E-state index contributed by atoms with van der Waals surface area (Å²) >= 11 is 7.79. The van der Waals surface area contributed by atoms with Gasteiger partial charge in [-0.3, -0.25) is 0 Å². The average Bonchev–Trinajstić information content (AvgIpc) is 3.12. The van der Waals surface area contributed by atoms with Gasteiger partial charge in [-0.2, -0.15) is 0 Å². The lowest BCUT2D eigenvalue weighted by atomic mass is 9.99. The second-order valence-corrected chi connectivity index (χ2v) is 12.6. The monoisotopic (exact) mass is 720 g/mol. The summed E-state index contributed by atoms with van der Waals surface area (Å²) in [5, 5.41) is 0. The van der Waals surface area contributed by atoms with E-state index in [9.17, 15) is 0 Å². The van der Waals surface area contributed by atoms with Gasteiger partial charge in [0.2, 0.25) is 0 Å². The first-order valence-electron chi connectivity index (χ1n) is 15.2. The van der Waals surface area contributed by atoms with Crippen LogP contribution in [0, 0.1) is 0 Å². The van der Waals surface area contributed by atoms with E-state index in [0.717, 1.165) is 65.3 Å². The molecule has 222 valence electrons. The predicted octanol–water partition coefficient (Wildman–Crippen LogP) is 13.5. The molecule has 0 heterocycles. The summed E-state index contributed by atoms with van der Waals surface area (Å²) in [6.07, 6.45) is 0. The van der Waals surface area contributed by atoms with Crippen molar-refractivity contribution in [2.24, 2.45) is 0 Å². The molecule has 0 saturated carbocycles. The number of nitrogens with zero attached hydrogens (tertiary/aromatic N) is 2. The summed E-state index contributed by atoms with van der Waals surface area (Å²) in [5.41, 5.74) is 11.2. The summed E-state index contributed by atoms with van der Waals surface area (Å²) < 4.78 is 2.08.